The average Bonchev–Trinajstić information content (AvgIpc) is 2.82. The molecule has 1 atom stereocenters. The van der Waals surface area contributed by atoms with E-state index in [-0.39, 0.29) is 0 Å². The zero-order valence-corrected chi connectivity index (χ0v) is 13.6. The van der Waals surface area contributed by atoms with Crippen LogP contribution in [0.2, 0.25) is 0 Å². The van der Waals surface area contributed by atoms with Gasteiger partial charge < -0.3 is 15.1 Å². The van der Waals surface area contributed by atoms with Crippen molar-refractivity contribution in [3.8, 4) is 0 Å². The Bertz CT molecular complexity index is 214. The molecule has 0 aliphatic carbocycles. The molecule has 1 rings (SSSR count). The minimum Gasteiger partial charge on any atom is -0.316 e. The second kappa shape index (κ2) is 9.73. The lowest BCUT2D eigenvalue weighted by Gasteiger charge is -2.21. The van der Waals surface area contributed by atoms with Gasteiger partial charge in [0, 0.05) is 6.54 Å². The molecule has 1 aliphatic heterocycles. The van der Waals surface area contributed by atoms with Crippen molar-refractivity contribution in [3.63, 3.8) is 0 Å². The average molecular weight is 269 g/mol. The van der Waals surface area contributed by atoms with E-state index >= 15 is 0 Å². The summed E-state index contributed by atoms with van der Waals surface area (Å²) in [4.78, 5) is 5.18. The highest BCUT2D eigenvalue weighted by molar-refractivity contribution is 4.77. The van der Waals surface area contributed by atoms with E-state index < -0.39 is 0 Å². The molecule has 19 heavy (non-hydrogen) atoms. The molecule has 3 heteroatoms. The van der Waals surface area contributed by atoms with Gasteiger partial charge in [0.1, 0.15) is 0 Å². The predicted molar refractivity (Wildman–Crippen MR) is 84.7 cm³/mol. The van der Waals surface area contributed by atoms with Gasteiger partial charge >= 0.3 is 0 Å². The van der Waals surface area contributed by atoms with E-state index in [0.29, 0.717) is 0 Å². The van der Waals surface area contributed by atoms with Gasteiger partial charge in [0.25, 0.3) is 0 Å². The topological polar surface area (TPSA) is 18.5 Å². The van der Waals surface area contributed by atoms with Crippen LogP contribution in [0.4, 0.5) is 0 Å². The molecule has 114 valence electrons. The van der Waals surface area contributed by atoms with Crippen molar-refractivity contribution < 1.29 is 0 Å². The van der Waals surface area contributed by atoms with Gasteiger partial charge in [-0.15, -0.1) is 0 Å². The van der Waals surface area contributed by atoms with Crippen molar-refractivity contribution in [2.24, 2.45) is 11.8 Å². The van der Waals surface area contributed by atoms with E-state index in [4.69, 9.17) is 0 Å². The first-order chi connectivity index (χ1) is 9.15. The fraction of sp³-hybridized carbons (Fsp3) is 1.00. The second-order valence-corrected chi connectivity index (χ2v) is 6.39. The van der Waals surface area contributed by atoms with E-state index in [1.807, 2.05) is 0 Å². The Morgan fingerprint density at radius 3 is 2.63 bits per heavy atom. The summed E-state index contributed by atoms with van der Waals surface area (Å²) in [5.41, 5.74) is 0. The highest BCUT2D eigenvalue weighted by Crippen LogP contribution is 2.15. The summed E-state index contributed by atoms with van der Waals surface area (Å²) in [5.74, 6) is 1.65. The van der Waals surface area contributed by atoms with Crippen molar-refractivity contribution in [3.05, 3.63) is 0 Å². The molecule has 3 nitrogen and oxygen atoms in total. The van der Waals surface area contributed by atoms with Crippen LogP contribution in [-0.4, -0.2) is 62.2 Å². The standard InChI is InChI=1S/C16H35N3/c1-5-18(6-2)9-7-10-19-11-8-16(14-19)13-17-12-15(3)4/h15-17H,5-14H2,1-4H3. The maximum atomic E-state index is 3.61. The Labute approximate surface area is 120 Å². The van der Waals surface area contributed by atoms with Gasteiger partial charge in [-0.1, -0.05) is 27.7 Å². The molecule has 1 saturated heterocycles. The second-order valence-electron chi connectivity index (χ2n) is 6.39. The summed E-state index contributed by atoms with van der Waals surface area (Å²) < 4.78 is 0. The number of nitrogens with zero attached hydrogens (tertiary/aromatic N) is 2. The molecule has 0 aromatic heterocycles. The molecule has 0 spiro atoms. The van der Waals surface area contributed by atoms with Crippen LogP contribution < -0.4 is 5.32 Å². The fourth-order valence-electron chi connectivity index (χ4n) is 2.92. The van der Waals surface area contributed by atoms with E-state index in [2.05, 4.69) is 42.8 Å². The van der Waals surface area contributed by atoms with Crippen LogP contribution in [0.1, 0.15) is 40.5 Å². The SMILES string of the molecule is CCN(CC)CCCN1CCC(CNCC(C)C)C1. The summed E-state index contributed by atoms with van der Waals surface area (Å²) in [5, 5.41) is 3.61. The number of likely N-dealkylation sites (tertiary alicyclic amines) is 1. The highest BCUT2D eigenvalue weighted by Gasteiger charge is 2.21. The van der Waals surface area contributed by atoms with Gasteiger partial charge in [0.15, 0.2) is 0 Å². The van der Waals surface area contributed by atoms with Gasteiger partial charge in [-0.3, -0.25) is 0 Å². The Morgan fingerprint density at radius 2 is 2.00 bits per heavy atom. The normalized spacial score (nSPS) is 20.8. The van der Waals surface area contributed by atoms with Crippen molar-refractivity contribution >= 4 is 0 Å². The molecule has 0 radical (unpaired) electrons. The van der Waals surface area contributed by atoms with Crippen LogP contribution in [0.25, 0.3) is 0 Å². The minimum absolute atomic E-state index is 0.770. The molecule has 0 bridgehead atoms. The van der Waals surface area contributed by atoms with Gasteiger partial charge in [0.2, 0.25) is 0 Å². The molecular formula is C16H35N3. The first-order valence-electron chi connectivity index (χ1n) is 8.31. The molecule has 0 aromatic rings. The molecule has 1 N–H and O–H groups in total. The molecule has 1 aliphatic rings. The Morgan fingerprint density at radius 1 is 1.26 bits per heavy atom. The number of hydrogen-bond donors (Lipinski definition) is 1. The number of hydrogen-bond acceptors (Lipinski definition) is 3. The highest BCUT2D eigenvalue weighted by atomic mass is 15.2. The lowest BCUT2D eigenvalue weighted by atomic mass is 10.1. The van der Waals surface area contributed by atoms with Crippen molar-refractivity contribution in [2.45, 2.75) is 40.5 Å². The molecular weight excluding hydrogens is 234 g/mol. The van der Waals surface area contributed by atoms with Crippen LogP contribution in [0.5, 0.6) is 0 Å². The quantitative estimate of drug-likeness (QED) is 0.656. The van der Waals surface area contributed by atoms with Gasteiger partial charge in [0.05, 0.1) is 0 Å². The minimum atomic E-state index is 0.770. The zero-order valence-electron chi connectivity index (χ0n) is 13.6. The summed E-state index contributed by atoms with van der Waals surface area (Å²) >= 11 is 0. The van der Waals surface area contributed by atoms with E-state index in [1.165, 1.54) is 65.2 Å². The van der Waals surface area contributed by atoms with Crippen molar-refractivity contribution in [1.82, 2.24) is 15.1 Å². The number of nitrogens with one attached hydrogen (secondary N) is 1. The Balaban J connectivity index is 2.05. The first-order valence-corrected chi connectivity index (χ1v) is 8.31. The Hall–Kier alpha value is -0.120. The molecule has 0 aromatic carbocycles. The molecule has 1 fully saturated rings. The van der Waals surface area contributed by atoms with Gasteiger partial charge in [-0.25, -0.2) is 0 Å². The number of rotatable bonds is 10. The lowest BCUT2D eigenvalue weighted by molar-refractivity contribution is 0.258. The fourth-order valence-corrected chi connectivity index (χ4v) is 2.92. The van der Waals surface area contributed by atoms with Gasteiger partial charge in [-0.05, 0) is 70.5 Å². The van der Waals surface area contributed by atoms with Crippen LogP contribution in [0.15, 0.2) is 0 Å². The summed E-state index contributed by atoms with van der Waals surface area (Å²) in [7, 11) is 0. The van der Waals surface area contributed by atoms with E-state index in [9.17, 15) is 0 Å². The lowest BCUT2D eigenvalue weighted by Crippen LogP contribution is -2.31. The zero-order chi connectivity index (χ0) is 14.1. The molecule has 0 amide bonds. The summed E-state index contributed by atoms with van der Waals surface area (Å²) in [6, 6.07) is 0. The Kier molecular flexibility index (Phi) is 8.67. The van der Waals surface area contributed by atoms with Crippen molar-refractivity contribution in [1.29, 1.82) is 0 Å². The maximum Gasteiger partial charge on any atom is 0.00223 e. The van der Waals surface area contributed by atoms with Crippen LogP contribution in [0, 0.1) is 11.8 Å². The summed E-state index contributed by atoms with van der Waals surface area (Å²) in [6.45, 7) is 19.0. The third-order valence-corrected chi connectivity index (χ3v) is 4.20. The third-order valence-electron chi connectivity index (χ3n) is 4.20. The predicted octanol–water partition coefficient (Wildman–Crippen LogP) is 2.29. The van der Waals surface area contributed by atoms with E-state index in [0.717, 1.165) is 11.8 Å². The molecule has 1 unspecified atom stereocenters. The largest absolute Gasteiger partial charge is 0.316 e. The maximum absolute atomic E-state index is 3.61. The monoisotopic (exact) mass is 269 g/mol. The first kappa shape index (κ1) is 16.9. The molecule has 1 heterocycles. The smallest absolute Gasteiger partial charge is 0.00223 e. The van der Waals surface area contributed by atoms with Crippen molar-refractivity contribution in [2.75, 3.05) is 52.4 Å². The van der Waals surface area contributed by atoms with E-state index in [1.54, 1.807) is 0 Å². The van der Waals surface area contributed by atoms with Crippen LogP contribution in [-0.2, 0) is 0 Å². The molecule has 0 saturated carbocycles. The van der Waals surface area contributed by atoms with Gasteiger partial charge in [-0.2, -0.15) is 0 Å². The third kappa shape index (κ3) is 7.28. The summed E-state index contributed by atoms with van der Waals surface area (Å²) in [6.07, 6.45) is 2.71. The van der Waals surface area contributed by atoms with Crippen LogP contribution in [0.3, 0.4) is 0 Å². The van der Waals surface area contributed by atoms with Crippen LogP contribution >= 0.6 is 0 Å².